The van der Waals surface area contributed by atoms with E-state index in [1.54, 1.807) is 6.92 Å². The first kappa shape index (κ1) is 21.6. The largest absolute Gasteiger partial charge is 0.422 e. The molecule has 2 aromatic heterocycles. The van der Waals surface area contributed by atoms with Crippen LogP contribution in [0.4, 0.5) is 5.69 Å². The van der Waals surface area contributed by atoms with Crippen molar-refractivity contribution in [1.82, 2.24) is 4.98 Å². The summed E-state index contributed by atoms with van der Waals surface area (Å²) in [6, 6.07) is 13.8. The molecule has 0 bridgehead atoms. The lowest BCUT2D eigenvalue weighted by Gasteiger charge is -2.43. The number of nitrogens with zero attached hydrogens (tertiary/aromatic N) is 2. The van der Waals surface area contributed by atoms with Crippen molar-refractivity contribution in [2.45, 2.75) is 46.1 Å². The zero-order valence-electron chi connectivity index (χ0n) is 19.3. The van der Waals surface area contributed by atoms with E-state index in [0.717, 1.165) is 39.8 Å². The topological polar surface area (TPSA) is 63.4 Å². The second kappa shape index (κ2) is 7.96. The van der Waals surface area contributed by atoms with Crippen LogP contribution in [0, 0.1) is 0 Å². The average Bonchev–Trinajstić information content (AvgIpc) is 3.18. The van der Waals surface area contributed by atoms with E-state index in [0.29, 0.717) is 22.6 Å². The maximum absolute atomic E-state index is 12.9. The molecule has 6 heteroatoms. The van der Waals surface area contributed by atoms with Crippen LogP contribution in [0.3, 0.4) is 0 Å². The van der Waals surface area contributed by atoms with Gasteiger partial charge in [0, 0.05) is 35.7 Å². The number of anilines is 1. The molecule has 33 heavy (non-hydrogen) atoms. The maximum Gasteiger partial charge on any atom is 0.346 e. The summed E-state index contributed by atoms with van der Waals surface area (Å²) in [4.78, 5) is 31.4. The molecule has 3 heterocycles. The first-order valence-electron chi connectivity index (χ1n) is 11.2. The van der Waals surface area contributed by atoms with Gasteiger partial charge < -0.3 is 14.1 Å². The molecule has 0 atom stereocenters. The first-order valence-corrected chi connectivity index (χ1v) is 12.0. The predicted octanol–water partition coefficient (Wildman–Crippen LogP) is 6.44. The molecule has 0 amide bonds. The van der Waals surface area contributed by atoms with Gasteiger partial charge in [0.05, 0.1) is 21.3 Å². The zero-order valence-corrected chi connectivity index (χ0v) is 20.1. The highest BCUT2D eigenvalue weighted by Gasteiger charge is 2.31. The van der Waals surface area contributed by atoms with Gasteiger partial charge in [0.25, 0.3) is 0 Å². The van der Waals surface area contributed by atoms with Crippen molar-refractivity contribution in [3.05, 3.63) is 64.5 Å². The van der Waals surface area contributed by atoms with Gasteiger partial charge in [0.1, 0.15) is 16.4 Å². The lowest BCUT2D eigenvalue weighted by Crippen LogP contribution is -2.45. The van der Waals surface area contributed by atoms with Crippen molar-refractivity contribution in [2.75, 3.05) is 11.4 Å². The van der Waals surface area contributed by atoms with Crippen LogP contribution in [0.5, 0.6) is 0 Å². The minimum Gasteiger partial charge on any atom is -0.422 e. The van der Waals surface area contributed by atoms with Gasteiger partial charge in [-0.2, -0.15) is 0 Å². The van der Waals surface area contributed by atoms with Gasteiger partial charge in [-0.1, -0.05) is 18.2 Å². The summed E-state index contributed by atoms with van der Waals surface area (Å²) in [5, 5.41) is 1.54. The lowest BCUT2D eigenvalue weighted by atomic mass is 9.87. The molecule has 168 valence electrons. The Morgan fingerprint density at radius 3 is 2.67 bits per heavy atom. The van der Waals surface area contributed by atoms with Gasteiger partial charge in [-0.3, -0.25) is 0 Å². The molecule has 0 aliphatic carbocycles. The van der Waals surface area contributed by atoms with E-state index < -0.39 is 0 Å². The van der Waals surface area contributed by atoms with E-state index >= 15 is 0 Å². The minimum atomic E-state index is -0.382. The number of aromatic nitrogens is 1. The second-order valence-corrected chi connectivity index (χ2v) is 10.3. The molecule has 0 unspecified atom stereocenters. The molecule has 4 aromatic rings. The van der Waals surface area contributed by atoms with E-state index in [-0.39, 0.29) is 16.9 Å². The number of benzene rings is 2. The van der Waals surface area contributed by atoms with Crippen molar-refractivity contribution in [2.24, 2.45) is 0 Å². The van der Waals surface area contributed by atoms with Gasteiger partial charge in [-0.25, -0.2) is 9.78 Å². The second-order valence-electron chi connectivity index (χ2n) is 9.28. The summed E-state index contributed by atoms with van der Waals surface area (Å²) in [7, 11) is 0. The molecule has 0 fully saturated rings. The van der Waals surface area contributed by atoms with Crippen LogP contribution < -0.4 is 10.5 Å². The number of allylic oxidation sites excluding steroid dienone is 1. The predicted molar refractivity (Wildman–Crippen MR) is 136 cm³/mol. The highest BCUT2D eigenvalue weighted by molar-refractivity contribution is 7.21. The monoisotopic (exact) mass is 458 g/mol. The smallest absolute Gasteiger partial charge is 0.346 e. The highest BCUT2D eigenvalue weighted by Crippen LogP contribution is 2.41. The van der Waals surface area contributed by atoms with E-state index in [2.05, 4.69) is 42.8 Å². The van der Waals surface area contributed by atoms with Gasteiger partial charge in [0.2, 0.25) is 0 Å². The van der Waals surface area contributed by atoms with E-state index in [1.165, 1.54) is 16.9 Å². The number of ketones is 1. The number of fused-ring (bicyclic) bond motifs is 3. The summed E-state index contributed by atoms with van der Waals surface area (Å²) >= 11 is 1.50. The number of para-hydroxylation sites is 1. The van der Waals surface area contributed by atoms with Crippen LogP contribution in [-0.2, 0) is 4.79 Å². The third kappa shape index (κ3) is 3.89. The Kier molecular flexibility index (Phi) is 5.20. The van der Waals surface area contributed by atoms with Gasteiger partial charge in [-0.15, -0.1) is 11.3 Å². The summed E-state index contributed by atoms with van der Waals surface area (Å²) in [6.07, 6.45) is 3.60. The molecule has 0 saturated heterocycles. The fourth-order valence-electron chi connectivity index (χ4n) is 4.72. The summed E-state index contributed by atoms with van der Waals surface area (Å²) in [5.74, 6) is 0.198. The summed E-state index contributed by atoms with van der Waals surface area (Å²) < 4.78 is 6.86. The van der Waals surface area contributed by atoms with Crippen molar-refractivity contribution in [3.63, 3.8) is 0 Å². The van der Waals surface area contributed by atoms with E-state index in [4.69, 9.17) is 4.42 Å². The molecular formula is C27H26N2O3S. The van der Waals surface area contributed by atoms with Crippen LogP contribution >= 0.6 is 11.3 Å². The van der Waals surface area contributed by atoms with Crippen LogP contribution in [0.15, 0.2) is 57.8 Å². The Bertz CT molecular complexity index is 1460. The quantitative estimate of drug-likeness (QED) is 0.322. The third-order valence-electron chi connectivity index (χ3n) is 6.27. The number of rotatable bonds is 5. The Morgan fingerprint density at radius 1 is 1.15 bits per heavy atom. The summed E-state index contributed by atoms with van der Waals surface area (Å²) in [5.41, 5.74) is 4.68. The fourth-order valence-corrected chi connectivity index (χ4v) is 5.69. The first-order chi connectivity index (χ1) is 15.7. The molecule has 0 N–H and O–H groups in total. The zero-order chi connectivity index (χ0) is 23.3. The van der Waals surface area contributed by atoms with Crippen LogP contribution in [0.2, 0.25) is 0 Å². The van der Waals surface area contributed by atoms with Crippen LogP contribution in [-0.4, -0.2) is 22.9 Å². The number of hydrogen-bond donors (Lipinski definition) is 0. The number of carbonyl (C=O) groups excluding carboxylic acids is 1. The van der Waals surface area contributed by atoms with Crippen LogP contribution in [0.25, 0.3) is 37.3 Å². The Balaban J connectivity index is 1.62. The van der Waals surface area contributed by atoms with Gasteiger partial charge in [-0.05, 0) is 64.0 Å². The molecule has 0 spiro atoms. The molecule has 1 aliphatic rings. The molecule has 5 rings (SSSR count). The number of thiazole rings is 1. The Labute approximate surface area is 196 Å². The molecule has 0 saturated carbocycles. The maximum atomic E-state index is 12.9. The normalized spacial score (nSPS) is 15.0. The SMILES string of the molecule is CC(=O)CCCN1c2cc3oc(=O)c(-c4nc5ccccc5s4)cc3cc2C(C)=CC1(C)C. The van der Waals surface area contributed by atoms with Crippen molar-refractivity contribution in [3.8, 4) is 10.6 Å². The average molecular weight is 459 g/mol. The van der Waals surface area contributed by atoms with Crippen LogP contribution in [0.1, 0.15) is 46.1 Å². The number of carbonyl (C=O) groups is 1. The van der Waals surface area contributed by atoms with Gasteiger partial charge in [0.15, 0.2) is 0 Å². The van der Waals surface area contributed by atoms with Gasteiger partial charge >= 0.3 is 5.63 Å². The van der Waals surface area contributed by atoms with Crippen molar-refractivity contribution < 1.29 is 9.21 Å². The minimum absolute atomic E-state index is 0.198. The number of hydrogen-bond acceptors (Lipinski definition) is 6. The van der Waals surface area contributed by atoms with E-state index in [1.807, 2.05) is 36.4 Å². The fraction of sp³-hybridized carbons (Fsp3) is 0.296. The van der Waals surface area contributed by atoms with E-state index in [9.17, 15) is 9.59 Å². The third-order valence-corrected chi connectivity index (χ3v) is 7.34. The molecule has 2 aromatic carbocycles. The Morgan fingerprint density at radius 2 is 1.91 bits per heavy atom. The number of Topliss-reactive ketones (excluding diaryl/α,β-unsaturated/α-hetero) is 1. The highest BCUT2D eigenvalue weighted by atomic mass is 32.1. The Hall–Kier alpha value is -3.25. The molecule has 1 aliphatic heterocycles. The molecule has 5 nitrogen and oxygen atoms in total. The summed E-state index contributed by atoms with van der Waals surface area (Å²) in [6.45, 7) is 8.84. The van der Waals surface area contributed by atoms with Crippen molar-refractivity contribution >= 4 is 49.6 Å². The standard InChI is InChI=1S/C27H26N2O3S/c1-16-15-27(3,4)29(11-7-8-17(2)30)22-14-23-18(12-19(16)22)13-20(26(31)32-23)25-28-21-9-5-6-10-24(21)33-25/h5-6,9-10,12-15H,7-8,11H2,1-4H3. The molecule has 0 radical (unpaired) electrons. The molecular weight excluding hydrogens is 432 g/mol. The lowest BCUT2D eigenvalue weighted by molar-refractivity contribution is -0.117. The van der Waals surface area contributed by atoms with Crippen molar-refractivity contribution in [1.29, 1.82) is 0 Å².